The van der Waals surface area contributed by atoms with Crippen LogP contribution < -0.4 is 0 Å². The summed E-state index contributed by atoms with van der Waals surface area (Å²) in [6, 6.07) is 31.8. The first-order valence-electron chi connectivity index (χ1n) is 9.97. The van der Waals surface area contributed by atoms with Gasteiger partial charge in [0.2, 0.25) is 0 Å². The molecule has 5 rings (SSSR count). The highest BCUT2D eigenvalue weighted by atomic mass is 35.5. The van der Waals surface area contributed by atoms with E-state index in [9.17, 15) is 0 Å². The van der Waals surface area contributed by atoms with Crippen molar-refractivity contribution in [2.75, 3.05) is 6.61 Å². The van der Waals surface area contributed by atoms with Crippen LogP contribution in [0.3, 0.4) is 0 Å². The maximum atomic E-state index is 6.29. The second-order valence-corrected chi connectivity index (χ2v) is 7.72. The lowest BCUT2D eigenvalue weighted by Gasteiger charge is -2.23. The largest absolute Gasteiger partial charge is 0.493 e. The van der Waals surface area contributed by atoms with E-state index >= 15 is 0 Å². The normalized spacial score (nSPS) is 13.7. The summed E-state index contributed by atoms with van der Waals surface area (Å²) in [7, 11) is 0. The molecule has 142 valence electrons. The molecule has 0 N–H and O–H groups in total. The third-order valence-corrected chi connectivity index (χ3v) is 5.85. The van der Waals surface area contributed by atoms with Crippen LogP contribution >= 0.6 is 11.6 Å². The van der Waals surface area contributed by atoms with Crippen LogP contribution in [-0.2, 0) is 4.74 Å². The molecule has 2 heteroatoms. The van der Waals surface area contributed by atoms with Gasteiger partial charge < -0.3 is 4.74 Å². The summed E-state index contributed by atoms with van der Waals surface area (Å²) in [5.41, 5.74) is 6.12. The third-order valence-electron chi connectivity index (χ3n) is 5.60. The van der Waals surface area contributed by atoms with E-state index < -0.39 is 0 Å². The Labute approximate surface area is 176 Å². The van der Waals surface area contributed by atoms with E-state index in [0.717, 1.165) is 10.8 Å². The van der Waals surface area contributed by atoms with E-state index in [4.69, 9.17) is 16.3 Å². The molecule has 4 aromatic carbocycles. The minimum absolute atomic E-state index is 0.0630. The summed E-state index contributed by atoms with van der Waals surface area (Å²) in [5, 5.41) is 3.27. The molecule has 0 aliphatic heterocycles. The zero-order chi connectivity index (χ0) is 19.8. The molecule has 0 spiro atoms. The van der Waals surface area contributed by atoms with E-state index in [1.54, 1.807) is 0 Å². The molecular weight excluding hydrogens is 376 g/mol. The molecule has 0 saturated carbocycles. The first-order chi connectivity index (χ1) is 14.3. The van der Waals surface area contributed by atoms with Crippen LogP contribution in [0.5, 0.6) is 0 Å². The molecule has 0 radical (unpaired) electrons. The lowest BCUT2D eigenvalue weighted by atomic mass is 9.82. The fraction of sp³-hybridized carbons (Fsp3) is 0.111. The minimum Gasteiger partial charge on any atom is -0.493 e. The molecule has 0 bridgehead atoms. The Hall–Kier alpha value is -3.03. The van der Waals surface area contributed by atoms with Crippen molar-refractivity contribution in [1.29, 1.82) is 0 Å². The Bertz CT molecular complexity index is 1200. The van der Waals surface area contributed by atoms with Gasteiger partial charge in [-0.25, -0.2) is 0 Å². The summed E-state index contributed by atoms with van der Waals surface area (Å²) >= 11 is 6.20. The molecule has 0 aromatic heterocycles. The van der Waals surface area contributed by atoms with E-state index in [2.05, 4.69) is 78.9 Å². The molecule has 29 heavy (non-hydrogen) atoms. The zero-order valence-corrected chi connectivity index (χ0v) is 17.0. The smallest absolute Gasteiger partial charge is 0.131 e. The van der Waals surface area contributed by atoms with Crippen molar-refractivity contribution in [2.24, 2.45) is 0 Å². The van der Waals surface area contributed by atoms with Crippen molar-refractivity contribution >= 4 is 33.7 Å². The molecule has 0 unspecified atom stereocenters. The number of rotatable bonds is 5. The first-order valence-corrected chi connectivity index (χ1v) is 10.4. The average Bonchev–Trinajstić information content (AvgIpc) is 3.07. The molecule has 1 aliphatic carbocycles. The van der Waals surface area contributed by atoms with Crippen LogP contribution in [0.25, 0.3) is 22.1 Å². The van der Waals surface area contributed by atoms with Gasteiger partial charge in [0, 0.05) is 27.5 Å². The van der Waals surface area contributed by atoms with E-state index in [-0.39, 0.29) is 5.92 Å². The van der Waals surface area contributed by atoms with Gasteiger partial charge in [0.1, 0.15) is 5.76 Å². The molecule has 1 atom stereocenters. The highest BCUT2D eigenvalue weighted by molar-refractivity contribution is 6.30. The number of ether oxygens (including phenoxy) is 1. The number of hydrogen-bond acceptors (Lipinski definition) is 1. The highest BCUT2D eigenvalue weighted by Gasteiger charge is 2.32. The zero-order valence-electron chi connectivity index (χ0n) is 16.2. The predicted octanol–water partition coefficient (Wildman–Crippen LogP) is 7.54. The Morgan fingerprint density at radius 2 is 1.38 bits per heavy atom. The number of halogens is 1. The van der Waals surface area contributed by atoms with Gasteiger partial charge in [0.25, 0.3) is 0 Å². The van der Waals surface area contributed by atoms with Crippen LogP contribution in [0.1, 0.15) is 35.1 Å². The summed E-state index contributed by atoms with van der Waals surface area (Å²) in [4.78, 5) is 0. The Morgan fingerprint density at radius 1 is 0.724 bits per heavy atom. The van der Waals surface area contributed by atoms with Crippen LogP contribution in [-0.4, -0.2) is 6.61 Å². The lowest BCUT2D eigenvalue weighted by Crippen LogP contribution is -2.06. The highest BCUT2D eigenvalue weighted by Crippen LogP contribution is 2.50. The number of benzene rings is 4. The minimum atomic E-state index is 0.0630. The topological polar surface area (TPSA) is 9.23 Å². The van der Waals surface area contributed by atoms with Gasteiger partial charge in [-0.3, -0.25) is 0 Å². The van der Waals surface area contributed by atoms with Crippen molar-refractivity contribution in [1.82, 2.24) is 0 Å². The number of allylic oxidation sites excluding steroid dienone is 1. The molecule has 1 nitrogen and oxygen atoms in total. The summed E-state index contributed by atoms with van der Waals surface area (Å²) < 4.78 is 6.29. The van der Waals surface area contributed by atoms with Crippen molar-refractivity contribution in [2.45, 2.75) is 12.8 Å². The number of hydrogen-bond donors (Lipinski definition) is 0. The standard InChI is InChI=1S/C27H21ClO/c1-2-29-27-23-13-7-11-19-10-6-12-22(25(19)23)26(27)24(18-8-4-3-5-9-18)20-14-16-21(28)17-15-20/h3-17,24H,2H2,1H3/t24-/m1/s1. The Balaban J connectivity index is 1.82. The summed E-state index contributed by atoms with van der Waals surface area (Å²) in [6.07, 6.45) is 0. The molecule has 0 amide bonds. The van der Waals surface area contributed by atoms with Crippen molar-refractivity contribution in [3.63, 3.8) is 0 Å². The lowest BCUT2D eigenvalue weighted by molar-refractivity contribution is 0.299. The fourth-order valence-corrected chi connectivity index (χ4v) is 4.56. The molecule has 0 heterocycles. The SMILES string of the molecule is CCOC1=C([C@H](c2ccccc2)c2ccc(Cl)cc2)c2cccc3cccc1c23. The van der Waals surface area contributed by atoms with Gasteiger partial charge in [0.15, 0.2) is 0 Å². The van der Waals surface area contributed by atoms with E-state index in [1.165, 1.54) is 38.6 Å². The average molecular weight is 397 g/mol. The van der Waals surface area contributed by atoms with Crippen LogP contribution in [0.2, 0.25) is 5.02 Å². The maximum absolute atomic E-state index is 6.29. The molecular formula is C27H21ClO. The summed E-state index contributed by atoms with van der Waals surface area (Å²) in [5.74, 6) is 1.05. The molecule has 4 aromatic rings. The van der Waals surface area contributed by atoms with Crippen molar-refractivity contribution < 1.29 is 4.74 Å². The van der Waals surface area contributed by atoms with E-state index in [0.29, 0.717) is 6.61 Å². The fourth-order valence-electron chi connectivity index (χ4n) is 4.43. The Kier molecular flexibility index (Phi) is 4.61. The molecule has 1 aliphatic rings. The van der Waals surface area contributed by atoms with Gasteiger partial charge in [0.05, 0.1) is 6.61 Å². The van der Waals surface area contributed by atoms with E-state index in [1.807, 2.05) is 19.1 Å². The Morgan fingerprint density at radius 3 is 2.07 bits per heavy atom. The van der Waals surface area contributed by atoms with Crippen LogP contribution in [0.4, 0.5) is 0 Å². The van der Waals surface area contributed by atoms with Gasteiger partial charge in [-0.1, -0.05) is 90.5 Å². The quantitative estimate of drug-likeness (QED) is 0.338. The van der Waals surface area contributed by atoms with Crippen LogP contribution in [0, 0.1) is 0 Å². The van der Waals surface area contributed by atoms with Gasteiger partial charge >= 0.3 is 0 Å². The molecule has 0 saturated heterocycles. The maximum Gasteiger partial charge on any atom is 0.131 e. The second kappa shape index (κ2) is 7.42. The first kappa shape index (κ1) is 18.0. The predicted molar refractivity (Wildman–Crippen MR) is 122 cm³/mol. The molecule has 0 fully saturated rings. The van der Waals surface area contributed by atoms with Gasteiger partial charge in [-0.05, 0) is 41.1 Å². The third kappa shape index (κ3) is 3.03. The van der Waals surface area contributed by atoms with Gasteiger partial charge in [-0.15, -0.1) is 0 Å². The monoisotopic (exact) mass is 396 g/mol. The van der Waals surface area contributed by atoms with Crippen molar-refractivity contribution in [3.8, 4) is 0 Å². The summed E-state index contributed by atoms with van der Waals surface area (Å²) in [6.45, 7) is 2.68. The second-order valence-electron chi connectivity index (χ2n) is 7.28. The van der Waals surface area contributed by atoms with Crippen molar-refractivity contribution in [3.05, 3.63) is 118 Å². The van der Waals surface area contributed by atoms with Crippen LogP contribution in [0.15, 0.2) is 91.0 Å². The van der Waals surface area contributed by atoms with Gasteiger partial charge in [-0.2, -0.15) is 0 Å².